The van der Waals surface area contributed by atoms with Gasteiger partial charge in [-0.2, -0.15) is 0 Å². The average molecular weight is 242 g/mol. The zero-order valence-corrected chi connectivity index (χ0v) is 9.74. The zero-order valence-electron chi connectivity index (χ0n) is 9.74. The minimum absolute atomic E-state index is 0.589. The van der Waals surface area contributed by atoms with Crippen LogP contribution >= 0.6 is 0 Å². The Morgan fingerprint density at radius 2 is 0.889 bits per heavy atom. The van der Waals surface area contributed by atoms with Gasteiger partial charge in [-0.3, -0.25) is 9.59 Å². The quantitative estimate of drug-likeness (QED) is 0.624. The number of hydrogen-bond acceptors (Lipinski definition) is 4. The van der Waals surface area contributed by atoms with Crippen molar-refractivity contribution in [2.75, 3.05) is 11.5 Å². The molecule has 0 aliphatic rings. The molecular formula is C14H14N2O2. The van der Waals surface area contributed by atoms with Gasteiger partial charge in [0.05, 0.1) is 0 Å². The molecular weight excluding hydrogens is 228 g/mol. The molecule has 0 aromatic heterocycles. The summed E-state index contributed by atoms with van der Waals surface area (Å²) in [6.45, 7) is 0. The van der Waals surface area contributed by atoms with Crippen molar-refractivity contribution in [3.05, 3.63) is 59.7 Å². The smallest absolute Gasteiger partial charge is 0.150 e. The molecule has 4 nitrogen and oxygen atoms in total. The van der Waals surface area contributed by atoms with Crippen molar-refractivity contribution < 1.29 is 9.59 Å². The van der Waals surface area contributed by atoms with E-state index in [-0.39, 0.29) is 0 Å². The molecule has 0 spiro atoms. The van der Waals surface area contributed by atoms with Crippen molar-refractivity contribution >= 4 is 23.9 Å². The molecule has 4 N–H and O–H groups in total. The van der Waals surface area contributed by atoms with Crippen LogP contribution in [0.2, 0.25) is 0 Å². The first kappa shape index (κ1) is 13.4. The number of nitrogens with two attached hydrogens (primary N) is 2. The Morgan fingerprint density at radius 1 is 0.611 bits per heavy atom. The van der Waals surface area contributed by atoms with Gasteiger partial charge in [0.25, 0.3) is 0 Å². The lowest BCUT2D eigenvalue weighted by atomic mass is 10.2. The van der Waals surface area contributed by atoms with E-state index in [0.29, 0.717) is 11.1 Å². The van der Waals surface area contributed by atoms with E-state index in [1.54, 1.807) is 48.5 Å². The molecule has 0 bridgehead atoms. The Bertz CT molecular complexity index is 456. The summed E-state index contributed by atoms with van der Waals surface area (Å²) in [5, 5.41) is 0. The number of carbonyl (C=O) groups excluding carboxylic acids is 2. The maximum atomic E-state index is 10.1. The second-order valence-electron chi connectivity index (χ2n) is 3.57. The molecule has 0 amide bonds. The number of nitrogen functional groups attached to an aromatic ring is 2. The Hall–Kier alpha value is -2.62. The Balaban J connectivity index is 0.000000184. The fourth-order valence-corrected chi connectivity index (χ4v) is 1.15. The number of carbonyl (C=O) groups is 2. The largest absolute Gasteiger partial charge is 0.399 e. The predicted molar refractivity (Wildman–Crippen MR) is 72.5 cm³/mol. The van der Waals surface area contributed by atoms with Gasteiger partial charge in [0.2, 0.25) is 0 Å². The highest BCUT2D eigenvalue weighted by molar-refractivity contribution is 5.79. The number of anilines is 2. The molecule has 0 aliphatic carbocycles. The third kappa shape index (κ3) is 4.49. The number of rotatable bonds is 2. The Morgan fingerprint density at radius 3 is 1.11 bits per heavy atom. The summed E-state index contributed by atoms with van der Waals surface area (Å²) in [6.07, 6.45) is 1.49. The minimum Gasteiger partial charge on any atom is -0.399 e. The van der Waals surface area contributed by atoms with Crippen LogP contribution in [-0.4, -0.2) is 12.6 Å². The van der Waals surface area contributed by atoms with Crippen molar-refractivity contribution in [3.63, 3.8) is 0 Å². The fourth-order valence-electron chi connectivity index (χ4n) is 1.15. The van der Waals surface area contributed by atoms with Crippen molar-refractivity contribution in [2.24, 2.45) is 0 Å². The average Bonchev–Trinajstić information content (AvgIpc) is 2.43. The van der Waals surface area contributed by atoms with Gasteiger partial charge in [-0.05, 0) is 24.3 Å². The number of hydrogen-bond donors (Lipinski definition) is 2. The molecule has 0 saturated heterocycles. The molecule has 4 heteroatoms. The van der Waals surface area contributed by atoms with Gasteiger partial charge in [-0.25, -0.2) is 0 Å². The second-order valence-corrected chi connectivity index (χ2v) is 3.57. The van der Waals surface area contributed by atoms with Crippen LogP contribution in [0.15, 0.2) is 48.5 Å². The third-order valence-electron chi connectivity index (χ3n) is 2.15. The van der Waals surface area contributed by atoms with E-state index < -0.39 is 0 Å². The summed E-state index contributed by atoms with van der Waals surface area (Å²) < 4.78 is 0. The first-order valence-electron chi connectivity index (χ1n) is 5.27. The van der Waals surface area contributed by atoms with E-state index >= 15 is 0 Å². The van der Waals surface area contributed by atoms with E-state index in [1.807, 2.05) is 0 Å². The molecule has 0 saturated carbocycles. The van der Waals surface area contributed by atoms with Crippen LogP contribution in [0, 0.1) is 0 Å². The number of benzene rings is 2. The van der Waals surface area contributed by atoms with E-state index in [4.69, 9.17) is 11.5 Å². The molecule has 2 aromatic rings. The van der Waals surface area contributed by atoms with E-state index in [0.717, 1.165) is 23.9 Å². The number of aldehydes is 2. The molecule has 2 rings (SSSR count). The molecule has 0 fully saturated rings. The van der Waals surface area contributed by atoms with Gasteiger partial charge in [0, 0.05) is 22.5 Å². The molecule has 18 heavy (non-hydrogen) atoms. The fraction of sp³-hybridized carbons (Fsp3) is 0. The molecule has 0 heterocycles. The highest BCUT2D eigenvalue weighted by Crippen LogP contribution is 2.04. The summed E-state index contributed by atoms with van der Waals surface area (Å²) in [5.74, 6) is 0. The van der Waals surface area contributed by atoms with Gasteiger partial charge >= 0.3 is 0 Å². The highest BCUT2D eigenvalue weighted by Gasteiger charge is 1.89. The minimum atomic E-state index is 0.589. The van der Waals surface area contributed by atoms with Gasteiger partial charge in [0.15, 0.2) is 0 Å². The topological polar surface area (TPSA) is 86.2 Å². The second kappa shape index (κ2) is 6.85. The monoisotopic (exact) mass is 242 g/mol. The standard InChI is InChI=1S/C8H6O2.C6H8N2/c9-5-7-1-2-8(6-10)4-3-7;7-5-1-2-6(8)4-3-5/h1-6H;1-4H,7-8H2. The lowest BCUT2D eigenvalue weighted by Crippen LogP contribution is -1.86. The van der Waals surface area contributed by atoms with Gasteiger partial charge in [0.1, 0.15) is 12.6 Å². The first-order valence-corrected chi connectivity index (χ1v) is 5.27. The summed E-state index contributed by atoms with van der Waals surface area (Å²) in [6, 6.07) is 13.5. The Kier molecular flexibility index (Phi) is 5.12. The van der Waals surface area contributed by atoms with Crippen LogP contribution in [0.1, 0.15) is 20.7 Å². The molecule has 2 aromatic carbocycles. The molecule has 0 radical (unpaired) electrons. The van der Waals surface area contributed by atoms with Crippen LogP contribution in [0.4, 0.5) is 11.4 Å². The van der Waals surface area contributed by atoms with E-state index in [9.17, 15) is 9.59 Å². The van der Waals surface area contributed by atoms with Crippen molar-refractivity contribution in [1.29, 1.82) is 0 Å². The van der Waals surface area contributed by atoms with Crippen LogP contribution in [0.25, 0.3) is 0 Å². The predicted octanol–water partition coefficient (Wildman–Crippen LogP) is 2.16. The summed E-state index contributed by atoms with van der Waals surface area (Å²) in [5.41, 5.74) is 13.4. The van der Waals surface area contributed by atoms with Crippen molar-refractivity contribution in [1.82, 2.24) is 0 Å². The van der Waals surface area contributed by atoms with Crippen molar-refractivity contribution in [3.8, 4) is 0 Å². The third-order valence-corrected chi connectivity index (χ3v) is 2.15. The lowest BCUT2D eigenvalue weighted by Gasteiger charge is -1.90. The maximum absolute atomic E-state index is 10.1. The van der Waals surface area contributed by atoms with Crippen LogP contribution in [0.5, 0.6) is 0 Å². The summed E-state index contributed by atoms with van der Waals surface area (Å²) in [4.78, 5) is 20.2. The molecule has 92 valence electrons. The van der Waals surface area contributed by atoms with E-state index in [2.05, 4.69) is 0 Å². The Labute approximate surface area is 105 Å². The van der Waals surface area contributed by atoms with Crippen LogP contribution in [-0.2, 0) is 0 Å². The molecule has 0 atom stereocenters. The maximum Gasteiger partial charge on any atom is 0.150 e. The SMILES string of the molecule is Nc1ccc(N)cc1.O=Cc1ccc(C=O)cc1. The summed E-state index contributed by atoms with van der Waals surface area (Å²) in [7, 11) is 0. The molecule has 0 aliphatic heterocycles. The van der Waals surface area contributed by atoms with E-state index in [1.165, 1.54) is 0 Å². The first-order chi connectivity index (χ1) is 8.65. The van der Waals surface area contributed by atoms with Crippen molar-refractivity contribution in [2.45, 2.75) is 0 Å². The van der Waals surface area contributed by atoms with Gasteiger partial charge in [-0.1, -0.05) is 24.3 Å². The van der Waals surface area contributed by atoms with Crippen LogP contribution < -0.4 is 11.5 Å². The lowest BCUT2D eigenvalue weighted by molar-refractivity contribution is 0.111. The summed E-state index contributed by atoms with van der Waals surface area (Å²) >= 11 is 0. The van der Waals surface area contributed by atoms with Gasteiger partial charge < -0.3 is 11.5 Å². The normalized spacial score (nSPS) is 8.89. The molecule has 0 unspecified atom stereocenters. The zero-order chi connectivity index (χ0) is 13.4. The van der Waals surface area contributed by atoms with Gasteiger partial charge in [-0.15, -0.1) is 0 Å². The highest BCUT2D eigenvalue weighted by atomic mass is 16.1. The van der Waals surface area contributed by atoms with Crippen LogP contribution in [0.3, 0.4) is 0 Å².